The molecule has 1 amide bonds. The van der Waals surface area contributed by atoms with Gasteiger partial charge in [0.15, 0.2) is 17.3 Å². The number of halogens is 1. The zero-order valence-corrected chi connectivity index (χ0v) is 11.0. The van der Waals surface area contributed by atoms with E-state index in [1.54, 1.807) is 6.92 Å². The first kappa shape index (κ1) is 13.3. The average Bonchev–Trinajstić information content (AvgIpc) is 2.80. The molecule has 1 aromatic carbocycles. The molecule has 2 N–H and O–H groups in total. The van der Waals surface area contributed by atoms with E-state index in [1.807, 2.05) is 0 Å². The van der Waals surface area contributed by atoms with Crippen LogP contribution < -0.4 is 4.90 Å². The molecule has 8 heteroatoms. The minimum Gasteiger partial charge on any atom is -0.504 e. The fourth-order valence-electron chi connectivity index (χ4n) is 1.68. The van der Waals surface area contributed by atoms with Gasteiger partial charge in [-0.2, -0.15) is 4.37 Å². The highest BCUT2D eigenvalue weighted by atomic mass is 32.1. The number of carbonyl (C=O) groups excluding carboxylic acids is 1. The van der Waals surface area contributed by atoms with Crippen LogP contribution in [0.4, 0.5) is 14.2 Å². The van der Waals surface area contributed by atoms with Crippen LogP contribution in [0.25, 0.3) is 10.9 Å². The van der Waals surface area contributed by atoms with Gasteiger partial charge in [-0.15, -0.1) is 0 Å². The third-order valence-electron chi connectivity index (χ3n) is 2.60. The Hall–Kier alpha value is -2.09. The summed E-state index contributed by atoms with van der Waals surface area (Å²) in [5.41, 5.74) is 0.162. The number of rotatable bonds is 2. The molecule has 2 aromatic rings. The molecule has 6 nitrogen and oxygen atoms in total. The van der Waals surface area contributed by atoms with Crippen LogP contribution in [0.3, 0.4) is 0 Å². The van der Waals surface area contributed by atoms with Crippen molar-refractivity contribution >= 4 is 33.5 Å². The van der Waals surface area contributed by atoms with Crippen molar-refractivity contribution in [1.29, 1.82) is 0 Å². The SMILES string of the molecule is CCN(C(=O)OC)c1snc2cc(O)c(O)c(F)c12. The van der Waals surface area contributed by atoms with Gasteiger partial charge in [-0.05, 0) is 18.5 Å². The van der Waals surface area contributed by atoms with E-state index >= 15 is 0 Å². The first-order chi connectivity index (χ1) is 9.01. The van der Waals surface area contributed by atoms with Crippen molar-refractivity contribution < 1.29 is 24.1 Å². The summed E-state index contributed by atoms with van der Waals surface area (Å²) in [6, 6.07) is 1.14. The molecular formula is C11H11FN2O4S. The number of fused-ring (bicyclic) bond motifs is 1. The average molecular weight is 286 g/mol. The highest BCUT2D eigenvalue weighted by Gasteiger charge is 2.24. The van der Waals surface area contributed by atoms with Crippen LogP contribution in [0.1, 0.15) is 6.92 Å². The van der Waals surface area contributed by atoms with Gasteiger partial charge in [0.1, 0.15) is 5.00 Å². The molecule has 0 spiro atoms. The van der Waals surface area contributed by atoms with Gasteiger partial charge in [-0.25, -0.2) is 9.18 Å². The molecular weight excluding hydrogens is 275 g/mol. The normalized spacial score (nSPS) is 10.7. The molecule has 0 atom stereocenters. The number of anilines is 1. The third kappa shape index (κ3) is 2.03. The molecule has 1 heterocycles. The standard InChI is InChI=1S/C11H11FN2O4S/c1-3-14(11(17)18-2)10-7-5(13-19-10)4-6(15)9(16)8(7)12/h4,15-16H,3H2,1-2H3. The molecule has 0 unspecified atom stereocenters. The number of hydrogen-bond acceptors (Lipinski definition) is 6. The second-order valence-electron chi connectivity index (χ2n) is 3.65. The monoisotopic (exact) mass is 286 g/mol. The first-order valence-electron chi connectivity index (χ1n) is 5.36. The summed E-state index contributed by atoms with van der Waals surface area (Å²) < 4.78 is 22.5. The fourth-order valence-corrected chi connectivity index (χ4v) is 2.59. The summed E-state index contributed by atoms with van der Waals surface area (Å²) in [4.78, 5) is 12.8. The predicted octanol–water partition coefficient (Wildman–Crippen LogP) is 2.44. The van der Waals surface area contributed by atoms with E-state index in [2.05, 4.69) is 9.11 Å². The number of amides is 1. The topological polar surface area (TPSA) is 82.9 Å². The predicted molar refractivity (Wildman–Crippen MR) is 68.3 cm³/mol. The van der Waals surface area contributed by atoms with Crippen molar-refractivity contribution in [2.45, 2.75) is 6.92 Å². The van der Waals surface area contributed by atoms with E-state index in [0.717, 1.165) is 17.6 Å². The zero-order chi connectivity index (χ0) is 14.2. The number of hydrogen-bond donors (Lipinski definition) is 2. The van der Waals surface area contributed by atoms with Crippen LogP contribution in [-0.4, -0.2) is 34.3 Å². The van der Waals surface area contributed by atoms with Crippen molar-refractivity contribution in [3.8, 4) is 11.5 Å². The lowest BCUT2D eigenvalue weighted by Gasteiger charge is -2.17. The molecule has 102 valence electrons. The lowest BCUT2D eigenvalue weighted by atomic mass is 10.2. The van der Waals surface area contributed by atoms with Crippen molar-refractivity contribution in [1.82, 2.24) is 4.37 Å². The molecule has 0 saturated heterocycles. The van der Waals surface area contributed by atoms with Gasteiger partial charge >= 0.3 is 6.09 Å². The molecule has 0 bridgehead atoms. The summed E-state index contributed by atoms with van der Waals surface area (Å²) in [7, 11) is 1.22. The van der Waals surface area contributed by atoms with E-state index in [4.69, 9.17) is 0 Å². The number of phenolic OH excluding ortho intramolecular Hbond substituents is 2. The van der Waals surface area contributed by atoms with Crippen LogP contribution in [0, 0.1) is 5.82 Å². The summed E-state index contributed by atoms with van der Waals surface area (Å²) in [5, 5.41) is 18.9. The number of aromatic hydroxyl groups is 2. The highest BCUT2D eigenvalue weighted by Crippen LogP contribution is 2.41. The van der Waals surface area contributed by atoms with E-state index in [-0.39, 0.29) is 22.4 Å². The number of carbonyl (C=O) groups is 1. The van der Waals surface area contributed by atoms with Crippen molar-refractivity contribution in [3.63, 3.8) is 0 Å². The van der Waals surface area contributed by atoms with Gasteiger partial charge in [0.2, 0.25) is 0 Å². The summed E-state index contributed by atoms with van der Waals surface area (Å²) >= 11 is 0.884. The second-order valence-corrected chi connectivity index (χ2v) is 4.41. The van der Waals surface area contributed by atoms with Gasteiger partial charge in [-0.1, -0.05) is 0 Å². The fraction of sp³-hybridized carbons (Fsp3) is 0.273. The Labute approximate surface area is 111 Å². The highest BCUT2D eigenvalue weighted by molar-refractivity contribution is 7.12. The molecule has 0 aliphatic carbocycles. The molecule has 0 aliphatic rings. The van der Waals surface area contributed by atoms with Crippen LogP contribution in [0.2, 0.25) is 0 Å². The number of phenols is 2. The van der Waals surface area contributed by atoms with Gasteiger partial charge in [0.05, 0.1) is 18.0 Å². The van der Waals surface area contributed by atoms with Gasteiger partial charge in [0, 0.05) is 12.6 Å². The van der Waals surface area contributed by atoms with E-state index in [9.17, 15) is 19.4 Å². The minimum atomic E-state index is -1.01. The van der Waals surface area contributed by atoms with E-state index < -0.39 is 23.4 Å². The molecule has 0 aliphatic heterocycles. The lowest BCUT2D eigenvalue weighted by molar-refractivity contribution is 0.179. The number of nitrogens with zero attached hydrogens (tertiary/aromatic N) is 2. The Kier molecular flexibility index (Phi) is 3.43. The third-order valence-corrected chi connectivity index (χ3v) is 3.49. The Morgan fingerprint density at radius 1 is 1.58 bits per heavy atom. The minimum absolute atomic E-state index is 0.0208. The smallest absolute Gasteiger partial charge is 0.414 e. The lowest BCUT2D eigenvalue weighted by Crippen LogP contribution is -2.29. The molecule has 0 fully saturated rings. The Morgan fingerprint density at radius 3 is 2.84 bits per heavy atom. The van der Waals surface area contributed by atoms with E-state index in [0.29, 0.717) is 0 Å². The Morgan fingerprint density at radius 2 is 2.26 bits per heavy atom. The quantitative estimate of drug-likeness (QED) is 0.828. The maximum Gasteiger partial charge on any atom is 0.414 e. The van der Waals surface area contributed by atoms with Gasteiger partial charge in [-0.3, -0.25) is 4.90 Å². The van der Waals surface area contributed by atoms with Crippen LogP contribution >= 0.6 is 11.5 Å². The second kappa shape index (κ2) is 4.88. The van der Waals surface area contributed by atoms with E-state index in [1.165, 1.54) is 12.0 Å². The number of methoxy groups -OCH3 is 1. The Bertz CT molecular complexity index is 643. The van der Waals surface area contributed by atoms with Gasteiger partial charge in [0.25, 0.3) is 0 Å². The summed E-state index contributed by atoms with van der Waals surface area (Å²) in [6.07, 6.45) is -0.653. The van der Waals surface area contributed by atoms with Crippen molar-refractivity contribution in [3.05, 3.63) is 11.9 Å². The van der Waals surface area contributed by atoms with Crippen molar-refractivity contribution in [2.75, 3.05) is 18.6 Å². The zero-order valence-electron chi connectivity index (χ0n) is 10.2. The van der Waals surface area contributed by atoms with Crippen LogP contribution in [0.15, 0.2) is 6.07 Å². The largest absolute Gasteiger partial charge is 0.504 e. The summed E-state index contributed by atoms with van der Waals surface area (Å²) in [6.45, 7) is 1.95. The maximum absolute atomic E-state index is 14.0. The molecule has 0 radical (unpaired) electrons. The maximum atomic E-state index is 14.0. The van der Waals surface area contributed by atoms with Crippen LogP contribution in [-0.2, 0) is 4.74 Å². The van der Waals surface area contributed by atoms with Crippen molar-refractivity contribution in [2.24, 2.45) is 0 Å². The Balaban J connectivity index is 2.68. The molecule has 1 aromatic heterocycles. The van der Waals surface area contributed by atoms with Gasteiger partial charge < -0.3 is 14.9 Å². The van der Waals surface area contributed by atoms with Crippen LogP contribution in [0.5, 0.6) is 11.5 Å². The number of aromatic nitrogens is 1. The molecule has 2 rings (SSSR count). The number of ether oxygens (including phenoxy) is 1. The first-order valence-corrected chi connectivity index (χ1v) is 6.13. The molecule has 0 saturated carbocycles. The molecule has 19 heavy (non-hydrogen) atoms. The summed E-state index contributed by atoms with van der Waals surface area (Å²) in [5.74, 6) is -2.47. The number of benzene rings is 1.